The number of likely N-dealkylation sites (tertiary alicyclic amines) is 1. The second-order valence-corrected chi connectivity index (χ2v) is 10.1. The van der Waals surface area contributed by atoms with E-state index in [0.29, 0.717) is 15.7 Å². The third-order valence-corrected chi connectivity index (χ3v) is 8.07. The second-order valence-electron chi connectivity index (χ2n) is 8.13. The van der Waals surface area contributed by atoms with Crippen LogP contribution in [0.4, 0.5) is 0 Å². The van der Waals surface area contributed by atoms with Crippen molar-refractivity contribution in [2.24, 2.45) is 5.92 Å². The highest BCUT2D eigenvalue weighted by molar-refractivity contribution is 7.91. The van der Waals surface area contributed by atoms with Gasteiger partial charge in [-0.2, -0.15) is 0 Å². The number of sulfone groups is 1. The summed E-state index contributed by atoms with van der Waals surface area (Å²) in [5.74, 6) is 0.703. The van der Waals surface area contributed by atoms with Gasteiger partial charge in [0.05, 0.1) is 9.79 Å². The number of rotatable bonds is 5. The minimum Gasteiger partial charge on any atom is -0.317 e. The van der Waals surface area contributed by atoms with Gasteiger partial charge in [0.25, 0.3) is 0 Å². The summed E-state index contributed by atoms with van der Waals surface area (Å²) in [5.41, 5.74) is 1.24. The summed E-state index contributed by atoms with van der Waals surface area (Å²) in [6.45, 7) is 8.72. The Morgan fingerprint density at radius 2 is 1.40 bits per heavy atom. The zero-order valence-electron chi connectivity index (χ0n) is 18.4. The highest BCUT2D eigenvalue weighted by Crippen LogP contribution is 2.26. The average molecular weight is 429 g/mol. The van der Waals surface area contributed by atoms with Gasteiger partial charge >= 0.3 is 0 Å². The number of hydrogen-bond acceptors (Lipinski definition) is 4. The molecule has 2 aliphatic heterocycles. The van der Waals surface area contributed by atoms with Crippen LogP contribution in [0.25, 0.3) is 0 Å². The fraction of sp³-hybridized carbons (Fsp3) is 0.520. The van der Waals surface area contributed by atoms with Gasteiger partial charge in [0.2, 0.25) is 9.84 Å². The molecule has 2 aromatic carbocycles. The Morgan fingerprint density at radius 1 is 0.833 bits per heavy atom. The normalized spacial score (nSPS) is 19.1. The van der Waals surface area contributed by atoms with Crippen LogP contribution < -0.4 is 5.32 Å². The summed E-state index contributed by atoms with van der Waals surface area (Å²) in [6, 6.07) is 16.9. The summed E-state index contributed by atoms with van der Waals surface area (Å²) in [6.07, 6.45) is 6.09. The van der Waals surface area contributed by atoms with Crippen molar-refractivity contribution in [2.75, 3.05) is 26.2 Å². The molecule has 0 unspecified atom stereocenters. The lowest BCUT2D eigenvalue weighted by Gasteiger charge is -2.39. The first-order chi connectivity index (χ1) is 14.6. The minimum absolute atomic E-state index is 0.355. The van der Waals surface area contributed by atoms with Gasteiger partial charge in [0, 0.05) is 6.04 Å². The zero-order valence-corrected chi connectivity index (χ0v) is 19.2. The van der Waals surface area contributed by atoms with Crippen molar-refractivity contribution in [3.63, 3.8) is 0 Å². The first-order valence-corrected chi connectivity index (χ1v) is 12.9. The molecule has 2 saturated heterocycles. The van der Waals surface area contributed by atoms with Crippen LogP contribution in [0.3, 0.4) is 0 Å². The molecule has 0 spiro atoms. The van der Waals surface area contributed by atoms with E-state index in [4.69, 9.17) is 0 Å². The minimum atomic E-state index is -3.42. The molecule has 0 aromatic heterocycles. The van der Waals surface area contributed by atoms with Gasteiger partial charge < -0.3 is 10.2 Å². The Bertz CT molecular complexity index is 852. The fourth-order valence-electron chi connectivity index (χ4n) is 4.57. The van der Waals surface area contributed by atoms with E-state index in [-0.39, 0.29) is 0 Å². The molecule has 4 rings (SSSR count). The smallest absolute Gasteiger partial charge is 0.206 e. The lowest BCUT2D eigenvalue weighted by atomic mass is 9.89. The zero-order chi connectivity index (χ0) is 21.4. The molecule has 0 aliphatic carbocycles. The molecule has 2 aliphatic rings. The van der Waals surface area contributed by atoms with E-state index in [9.17, 15) is 8.42 Å². The first-order valence-electron chi connectivity index (χ1n) is 11.5. The standard InChI is InChI=1S/C23H30N2O2S.C2H6/c26-28(27,22-4-2-1-3-5-22)23-8-6-19(7-9-23)18-20-12-16-25(17-13-20)21-10-14-24-15-11-21;1-2/h1-9,20-21,24H,10-18H2;1-2H3. The third-order valence-electron chi connectivity index (χ3n) is 6.29. The van der Waals surface area contributed by atoms with Crippen LogP contribution in [0.5, 0.6) is 0 Å². The van der Waals surface area contributed by atoms with E-state index in [2.05, 4.69) is 10.2 Å². The Labute approximate surface area is 182 Å². The Morgan fingerprint density at radius 3 is 2.00 bits per heavy atom. The van der Waals surface area contributed by atoms with Crippen molar-refractivity contribution in [1.82, 2.24) is 10.2 Å². The quantitative estimate of drug-likeness (QED) is 0.759. The molecule has 0 radical (unpaired) electrons. The van der Waals surface area contributed by atoms with Crippen LogP contribution in [0, 0.1) is 5.92 Å². The highest BCUT2D eigenvalue weighted by Gasteiger charge is 2.26. The van der Waals surface area contributed by atoms with Crippen molar-refractivity contribution >= 4 is 9.84 Å². The molecule has 4 nitrogen and oxygen atoms in total. The maximum Gasteiger partial charge on any atom is 0.206 e. The first kappa shape index (κ1) is 23.0. The van der Waals surface area contributed by atoms with E-state index in [1.54, 1.807) is 36.4 Å². The number of nitrogens with one attached hydrogen (secondary N) is 1. The molecule has 0 bridgehead atoms. The predicted octanol–water partition coefficient (Wildman–Crippen LogP) is 4.55. The van der Waals surface area contributed by atoms with Crippen LogP contribution >= 0.6 is 0 Å². The van der Waals surface area contributed by atoms with Crippen molar-refractivity contribution in [3.8, 4) is 0 Å². The average Bonchev–Trinajstić information content (AvgIpc) is 2.82. The summed E-state index contributed by atoms with van der Waals surface area (Å²) in [4.78, 5) is 3.42. The molecule has 164 valence electrons. The summed E-state index contributed by atoms with van der Waals surface area (Å²) in [5, 5.41) is 3.45. The van der Waals surface area contributed by atoms with Gasteiger partial charge in [-0.3, -0.25) is 0 Å². The van der Waals surface area contributed by atoms with Crippen LogP contribution in [0.15, 0.2) is 64.4 Å². The van der Waals surface area contributed by atoms with Crippen LogP contribution in [0.2, 0.25) is 0 Å². The van der Waals surface area contributed by atoms with Crippen LogP contribution in [-0.4, -0.2) is 45.5 Å². The van der Waals surface area contributed by atoms with Gasteiger partial charge in [-0.05, 0) is 94.0 Å². The van der Waals surface area contributed by atoms with Crippen molar-refractivity contribution < 1.29 is 8.42 Å². The van der Waals surface area contributed by atoms with E-state index >= 15 is 0 Å². The molecule has 30 heavy (non-hydrogen) atoms. The summed E-state index contributed by atoms with van der Waals surface area (Å²) in [7, 11) is -3.42. The van der Waals surface area contributed by atoms with Crippen molar-refractivity contribution in [1.29, 1.82) is 0 Å². The lowest BCUT2D eigenvalue weighted by molar-refractivity contribution is 0.111. The third kappa shape index (κ3) is 5.71. The number of benzene rings is 2. The molecular weight excluding hydrogens is 392 g/mol. The van der Waals surface area contributed by atoms with E-state index in [1.165, 1.54) is 44.3 Å². The molecule has 0 atom stereocenters. The SMILES string of the molecule is CC.O=S(=O)(c1ccccc1)c1ccc(CC2CCN(C3CCNCC3)CC2)cc1. The van der Waals surface area contributed by atoms with Gasteiger partial charge in [-0.25, -0.2) is 8.42 Å². The number of hydrogen-bond donors (Lipinski definition) is 1. The molecule has 0 saturated carbocycles. The van der Waals surface area contributed by atoms with Gasteiger partial charge in [-0.15, -0.1) is 0 Å². The summed E-state index contributed by atoms with van der Waals surface area (Å²) >= 11 is 0. The largest absolute Gasteiger partial charge is 0.317 e. The molecule has 5 heteroatoms. The highest BCUT2D eigenvalue weighted by atomic mass is 32.2. The van der Waals surface area contributed by atoms with Crippen molar-refractivity contribution in [2.45, 2.75) is 61.8 Å². The number of piperidine rings is 2. The van der Waals surface area contributed by atoms with Crippen molar-refractivity contribution in [3.05, 3.63) is 60.2 Å². The van der Waals surface area contributed by atoms with Gasteiger partial charge in [0.1, 0.15) is 0 Å². The molecular formula is C25H36N2O2S. The van der Waals surface area contributed by atoms with Gasteiger partial charge in [0.15, 0.2) is 0 Å². The Kier molecular flexibility index (Phi) is 8.49. The maximum absolute atomic E-state index is 12.7. The Hall–Kier alpha value is -1.69. The molecule has 0 amide bonds. The second kappa shape index (κ2) is 11.1. The van der Waals surface area contributed by atoms with Crippen LogP contribution in [-0.2, 0) is 16.3 Å². The van der Waals surface area contributed by atoms with E-state index < -0.39 is 9.84 Å². The lowest BCUT2D eigenvalue weighted by Crippen LogP contribution is -2.46. The maximum atomic E-state index is 12.7. The fourth-order valence-corrected chi connectivity index (χ4v) is 5.85. The van der Waals surface area contributed by atoms with E-state index in [1.807, 2.05) is 32.0 Å². The topological polar surface area (TPSA) is 49.4 Å². The monoisotopic (exact) mass is 428 g/mol. The van der Waals surface area contributed by atoms with E-state index in [0.717, 1.165) is 25.6 Å². The molecule has 2 heterocycles. The molecule has 1 N–H and O–H groups in total. The molecule has 2 aromatic rings. The predicted molar refractivity (Wildman–Crippen MR) is 124 cm³/mol. The van der Waals surface area contributed by atoms with Crippen LogP contribution in [0.1, 0.15) is 45.1 Å². The number of nitrogens with zero attached hydrogens (tertiary/aromatic N) is 1. The Balaban J connectivity index is 0.00000124. The van der Waals surface area contributed by atoms with Gasteiger partial charge in [-0.1, -0.05) is 44.2 Å². The molecule has 2 fully saturated rings. The summed E-state index contributed by atoms with van der Waals surface area (Å²) < 4.78 is 25.4.